The summed E-state index contributed by atoms with van der Waals surface area (Å²) in [5.74, 6) is 1.07. The molecule has 0 radical (unpaired) electrons. The Morgan fingerprint density at radius 2 is 2.12 bits per heavy atom. The van der Waals surface area contributed by atoms with Gasteiger partial charge in [-0.05, 0) is 43.9 Å². The smallest absolute Gasteiger partial charge is 0.338 e. The van der Waals surface area contributed by atoms with Crippen molar-refractivity contribution < 1.29 is 9.53 Å². The number of hydrogen-bond donors (Lipinski definition) is 1. The molecule has 1 aromatic heterocycles. The standard InChI is InChI=1S/C17H20N4O2S/c18-16-20-13-7-6-11(15(22)23-12-4-2-1-3-5-12)10-14(13)21(16)17-19-8-9-24-17/h6-7,10,12H,1-5,8-9H2,(H2,18,20). The molecule has 1 aromatic carbocycles. The fraction of sp³-hybridized carbons (Fsp3) is 0.471. The molecule has 0 bridgehead atoms. The molecular formula is C17H20N4O2S. The Kier molecular flexibility index (Phi) is 4.18. The van der Waals surface area contributed by atoms with Crippen LogP contribution in [-0.4, -0.2) is 39.1 Å². The Morgan fingerprint density at radius 3 is 2.88 bits per heavy atom. The number of nitrogens with two attached hydrogens (primary N) is 1. The molecule has 4 rings (SSSR count). The fourth-order valence-electron chi connectivity index (χ4n) is 3.28. The zero-order valence-electron chi connectivity index (χ0n) is 13.4. The largest absolute Gasteiger partial charge is 0.459 e. The lowest BCUT2D eigenvalue weighted by atomic mass is 9.98. The zero-order valence-corrected chi connectivity index (χ0v) is 14.2. The second-order valence-electron chi connectivity index (χ2n) is 6.19. The number of nitrogen functional groups attached to an aromatic ring is 1. The average Bonchev–Trinajstić information content (AvgIpc) is 3.21. The van der Waals surface area contributed by atoms with Crippen molar-refractivity contribution in [2.75, 3.05) is 18.0 Å². The number of anilines is 1. The number of ether oxygens (including phenoxy) is 1. The lowest BCUT2D eigenvalue weighted by Crippen LogP contribution is -2.21. The molecule has 1 aliphatic carbocycles. The van der Waals surface area contributed by atoms with Crippen molar-refractivity contribution in [2.45, 2.75) is 38.2 Å². The minimum Gasteiger partial charge on any atom is -0.459 e. The minimum atomic E-state index is -0.267. The summed E-state index contributed by atoms with van der Waals surface area (Å²) >= 11 is 1.65. The highest BCUT2D eigenvalue weighted by atomic mass is 32.2. The topological polar surface area (TPSA) is 82.5 Å². The molecule has 2 aromatic rings. The molecule has 0 spiro atoms. The van der Waals surface area contributed by atoms with Gasteiger partial charge in [-0.3, -0.25) is 9.56 Å². The summed E-state index contributed by atoms with van der Waals surface area (Å²) in [5, 5.41) is 0.841. The monoisotopic (exact) mass is 344 g/mol. The molecule has 0 unspecified atom stereocenters. The van der Waals surface area contributed by atoms with Crippen LogP contribution in [0.25, 0.3) is 11.0 Å². The van der Waals surface area contributed by atoms with Crippen molar-refractivity contribution in [1.29, 1.82) is 0 Å². The first-order valence-electron chi connectivity index (χ1n) is 8.39. The first-order chi connectivity index (χ1) is 11.7. The maximum atomic E-state index is 12.5. The third kappa shape index (κ3) is 2.88. The van der Waals surface area contributed by atoms with Gasteiger partial charge in [-0.15, -0.1) is 0 Å². The first-order valence-corrected chi connectivity index (χ1v) is 9.37. The van der Waals surface area contributed by atoms with Gasteiger partial charge in [-0.2, -0.15) is 0 Å². The maximum absolute atomic E-state index is 12.5. The molecule has 7 heteroatoms. The number of esters is 1. The molecule has 0 atom stereocenters. The second kappa shape index (κ2) is 6.47. The normalized spacial score (nSPS) is 18.8. The predicted molar refractivity (Wildman–Crippen MR) is 96.6 cm³/mol. The first kappa shape index (κ1) is 15.5. The molecule has 0 saturated heterocycles. The predicted octanol–water partition coefficient (Wildman–Crippen LogP) is 3.06. The van der Waals surface area contributed by atoms with Crippen molar-refractivity contribution in [3.63, 3.8) is 0 Å². The van der Waals surface area contributed by atoms with Gasteiger partial charge < -0.3 is 10.5 Å². The van der Waals surface area contributed by atoms with Crippen LogP contribution in [0.1, 0.15) is 42.5 Å². The van der Waals surface area contributed by atoms with E-state index in [4.69, 9.17) is 10.5 Å². The second-order valence-corrected chi connectivity index (χ2v) is 7.25. The van der Waals surface area contributed by atoms with Crippen LogP contribution in [0.3, 0.4) is 0 Å². The Morgan fingerprint density at radius 1 is 1.29 bits per heavy atom. The average molecular weight is 344 g/mol. The summed E-state index contributed by atoms with van der Waals surface area (Å²) in [6, 6.07) is 5.39. The molecule has 24 heavy (non-hydrogen) atoms. The van der Waals surface area contributed by atoms with Gasteiger partial charge >= 0.3 is 5.97 Å². The van der Waals surface area contributed by atoms with Gasteiger partial charge in [0.25, 0.3) is 0 Å². The number of carbonyl (C=O) groups is 1. The van der Waals surface area contributed by atoms with E-state index in [1.807, 2.05) is 16.7 Å². The third-order valence-corrected chi connectivity index (χ3v) is 5.46. The van der Waals surface area contributed by atoms with Crippen LogP contribution in [0.4, 0.5) is 5.95 Å². The molecule has 1 aliphatic heterocycles. The van der Waals surface area contributed by atoms with Gasteiger partial charge in [0.1, 0.15) is 6.10 Å². The lowest BCUT2D eigenvalue weighted by Gasteiger charge is -2.21. The number of aromatic nitrogens is 2. The molecule has 1 fully saturated rings. The number of imidazole rings is 1. The Bertz CT molecular complexity index is 808. The number of fused-ring (bicyclic) bond motifs is 1. The number of rotatable bonds is 2. The summed E-state index contributed by atoms with van der Waals surface area (Å²) in [7, 11) is 0. The number of aliphatic imine (C=N–C) groups is 1. The highest BCUT2D eigenvalue weighted by molar-refractivity contribution is 8.14. The van der Waals surface area contributed by atoms with E-state index >= 15 is 0 Å². The number of nitrogens with zero attached hydrogens (tertiary/aromatic N) is 3. The summed E-state index contributed by atoms with van der Waals surface area (Å²) in [5.41, 5.74) is 8.16. The highest BCUT2D eigenvalue weighted by Crippen LogP contribution is 2.26. The van der Waals surface area contributed by atoms with Crippen molar-refractivity contribution in [3.8, 4) is 0 Å². The fourth-order valence-corrected chi connectivity index (χ4v) is 4.15. The zero-order chi connectivity index (χ0) is 16.5. The molecule has 126 valence electrons. The Balaban J connectivity index is 1.64. The Labute approximate surface area is 144 Å². The van der Waals surface area contributed by atoms with Crippen molar-refractivity contribution >= 4 is 39.9 Å². The van der Waals surface area contributed by atoms with Gasteiger partial charge in [0.15, 0.2) is 5.17 Å². The van der Waals surface area contributed by atoms with Crippen molar-refractivity contribution in [2.24, 2.45) is 4.99 Å². The van der Waals surface area contributed by atoms with E-state index in [1.54, 1.807) is 17.8 Å². The maximum Gasteiger partial charge on any atom is 0.338 e. The summed E-state index contributed by atoms with van der Waals surface area (Å²) in [4.78, 5) is 21.3. The van der Waals surface area contributed by atoms with Gasteiger partial charge in [-0.1, -0.05) is 18.2 Å². The third-order valence-electron chi connectivity index (χ3n) is 4.50. The van der Waals surface area contributed by atoms with Crippen LogP contribution in [-0.2, 0) is 4.74 Å². The van der Waals surface area contributed by atoms with E-state index in [9.17, 15) is 4.79 Å². The highest BCUT2D eigenvalue weighted by Gasteiger charge is 2.21. The molecular weight excluding hydrogens is 324 g/mol. The molecule has 1 saturated carbocycles. The number of hydrogen-bond acceptors (Lipinski definition) is 6. The number of thioether (sulfide) groups is 1. The van der Waals surface area contributed by atoms with Crippen LogP contribution in [0.2, 0.25) is 0 Å². The summed E-state index contributed by atoms with van der Waals surface area (Å²) in [6.45, 7) is 0.780. The van der Waals surface area contributed by atoms with Crippen LogP contribution in [0, 0.1) is 0 Å². The van der Waals surface area contributed by atoms with E-state index in [0.29, 0.717) is 11.5 Å². The summed E-state index contributed by atoms with van der Waals surface area (Å²) in [6.07, 6.45) is 5.48. The van der Waals surface area contributed by atoms with Crippen molar-refractivity contribution in [1.82, 2.24) is 9.55 Å². The minimum absolute atomic E-state index is 0.0479. The van der Waals surface area contributed by atoms with Crippen LogP contribution >= 0.6 is 11.8 Å². The van der Waals surface area contributed by atoms with Crippen LogP contribution in [0.5, 0.6) is 0 Å². The van der Waals surface area contributed by atoms with E-state index < -0.39 is 0 Å². The van der Waals surface area contributed by atoms with E-state index in [1.165, 1.54) is 6.42 Å². The van der Waals surface area contributed by atoms with Gasteiger partial charge in [-0.25, -0.2) is 9.78 Å². The molecule has 2 aliphatic rings. The number of benzene rings is 1. The van der Waals surface area contributed by atoms with Crippen molar-refractivity contribution in [3.05, 3.63) is 23.8 Å². The van der Waals surface area contributed by atoms with Gasteiger partial charge in [0.2, 0.25) is 5.95 Å². The molecule has 2 N–H and O–H groups in total. The van der Waals surface area contributed by atoms with Crippen LogP contribution in [0.15, 0.2) is 23.2 Å². The van der Waals surface area contributed by atoms with Gasteiger partial charge in [0.05, 0.1) is 23.1 Å². The quantitative estimate of drug-likeness (QED) is 0.847. The number of carbonyl (C=O) groups excluding carboxylic acids is 1. The van der Waals surface area contributed by atoms with Gasteiger partial charge in [0, 0.05) is 5.75 Å². The SMILES string of the molecule is Nc1nc2ccc(C(=O)OC3CCCCC3)cc2n1C1=NCCS1. The van der Waals surface area contributed by atoms with E-state index in [-0.39, 0.29) is 12.1 Å². The molecule has 0 amide bonds. The summed E-state index contributed by atoms with van der Waals surface area (Å²) < 4.78 is 7.49. The molecule has 2 heterocycles. The van der Waals surface area contributed by atoms with Crippen LogP contribution < -0.4 is 5.73 Å². The Hall–Kier alpha value is -2.02. The van der Waals surface area contributed by atoms with E-state index in [0.717, 1.165) is 54.2 Å². The van der Waals surface area contributed by atoms with E-state index in [2.05, 4.69) is 9.98 Å². The molecule has 6 nitrogen and oxygen atoms in total. The lowest BCUT2D eigenvalue weighted by molar-refractivity contribution is 0.0211.